The molecule has 0 fully saturated rings. The van der Waals surface area contributed by atoms with Gasteiger partial charge in [-0.3, -0.25) is 9.36 Å². The number of ether oxygens (including phenoxy) is 1. The second-order valence-corrected chi connectivity index (χ2v) is 7.81. The van der Waals surface area contributed by atoms with Crippen molar-refractivity contribution in [2.24, 2.45) is 0 Å². The van der Waals surface area contributed by atoms with E-state index >= 15 is 0 Å². The summed E-state index contributed by atoms with van der Waals surface area (Å²) in [7, 11) is 0. The number of amides is 1. The van der Waals surface area contributed by atoms with Crippen LogP contribution in [0.5, 0.6) is 5.75 Å². The van der Waals surface area contributed by atoms with Gasteiger partial charge in [0, 0.05) is 17.3 Å². The minimum Gasteiger partial charge on any atom is -0.486 e. The van der Waals surface area contributed by atoms with Gasteiger partial charge in [-0.25, -0.2) is 0 Å². The fourth-order valence-electron chi connectivity index (χ4n) is 2.72. The van der Waals surface area contributed by atoms with E-state index in [1.165, 1.54) is 17.3 Å². The van der Waals surface area contributed by atoms with Gasteiger partial charge in [-0.2, -0.15) is 0 Å². The van der Waals surface area contributed by atoms with E-state index in [1.54, 1.807) is 30.3 Å². The maximum Gasteiger partial charge on any atom is 0.234 e. The molecule has 1 amide bonds. The molecule has 3 aromatic rings. The van der Waals surface area contributed by atoms with Crippen LogP contribution in [0.2, 0.25) is 5.02 Å². The van der Waals surface area contributed by atoms with Gasteiger partial charge in [0.2, 0.25) is 5.91 Å². The molecular formula is C22H23ClN4O2S. The molecule has 0 radical (unpaired) electrons. The maximum absolute atomic E-state index is 12.4. The van der Waals surface area contributed by atoms with Crippen molar-refractivity contribution >= 4 is 35.0 Å². The molecule has 0 atom stereocenters. The van der Waals surface area contributed by atoms with Gasteiger partial charge >= 0.3 is 0 Å². The molecule has 156 valence electrons. The van der Waals surface area contributed by atoms with Crippen molar-refractivity contribution in [3.63, 3.8) is 0 Å². The van der Waals surface area contributed by atoms with Crippen LogP contribution in [0.3, 0.4) is 0 Å². The van der Waals surface area contributed by atoms with Crippen LogP contribution in [-0.2, 0) is 24.4 Å². The van der Waals surface area contributed by atoms with Crippen LogP contribution in [0.1, 0.15) is 18.3 Å². The summed E-state index contributed by atoms with van der Waals surface area (Å²) in [5.74, 6) is 1.48. The number of hydrogen-bond acceptors (Lipinski definition) is 5. The number of nitrogens with zero attached hydrogens (tertiary/aromatic N) is 3. The Labute approximate surface area is 185 Å². The van der Waals surface area contributed by atoms with Crippen molar-refractivity contribution in [1.29, 1.82) is 0 Å². The van der Waals surface area contributed by atoms with Gasteiger partial charge in [0.1, 0.15) is 12.4 Å². The van der Waals surface area contributed by atoms with Gasteiger partial charge in [0.15, 0.2) is 11.0 Å². The summed E-state index contributed by atoms with van der Waals surface area (Å²) in [5, 5.41) is 12.6. The number of carbonyl (C=O) groups excluding carboxylic acids is 1. The summed E-state index contributed by atoms with van der Waals surface area (Å²) in [5.41, 5.74) is 1.97. The number of halogens is 1. The maximum atomic E-state index is 12.4. The van der Waals surface area contributed by atoms with E-state index in [0.717, 1.165) is 12.1 Å². The van der Waals surface area contributed by atoms with Crippen LogP contribution in [0.4, 0.5) is 5.69 Å². The SMILES string of the molecule is C=CCn1c(COc2ccc(Cl)cc2)nnc1SCC(=O)Nc1cccc(CC)c1. The van der Waals surface area contributed by atoms with E-state index in [9.17, 15) is 4.79 Å². The minimum atomic E-state index is -0.0969. The molecular weight excluding hydrogens is 420 g/mol. The number of benzene rings is 2. The Morgan fingerprint density at radius 2 is 2.07 bits per heavy atom. The number of anilines is 1. The van der Waals surface area contributed by atoms with Crippen molar-refractivity contribution in [3.05, 3.63) is 77.6 Å². The normalized spacial score (nSPS) is 10.6. The second kappa shape index (κ2) is 10.8. The van der Waals surface area contributed by atoms with Crippen molar-refractivity contribution in [2.45, 2.75) is 31.7 Å². The summed E-state index contributed by atoms with van der Waals surface area (Å²) in [6, 6.07) is 15.0. The summed E-state index contributed by atoms with van der Waals surface area (Å²) in [6.45, 7) is 6.65. The Hall–Kier alpha value is -2.77. The van der Waals surface area contributed by atoms with Crippen LogP contribution in [0.15, 0.2) is 66.3 Å². The molecule has 0 aliphatic rings. The third kappa shape index (κ3) is 6.11. The average molecular weight is 443 g/mol. The van der Waals surface area contributed by atoms with Crippen molar-refractivity contribution < 1.29 is 9.53 Å². The van der Waals surface area contributed by atoms with Crippen molar-refractivity contribution in [3.8, 4) is 5.75 Å². The lowest BCUT2D eigenvalue weighted by Gasteiger charge is -2.10. The summed E-state index contributed by atoms with van der Waals surface area (Å²) in [4.78, 5) is 12.4. The molecule has 6 nitrogen and oxygen atoms in total. The summed E-state index contributed by atoms with van der Waals surface area (Å²) in [6.07, 6.45) is 2.68. The predicted molar refractivity (Wildman–Crippen MR) is 121 cm³/mol. The number of carbonyl (C=O) groups is 1. The Bertz CT molecular complexity index is 1000. The molecule has 1 N–H and O–H groups in total. The van der Waals surface area contributed by atoms with E-state index in [1.807, 2.05) is 28.8 Å². The highest BCUT2D eigenvalue weighted by Crippen LogP contribution is 2.21. The molecule has 0 aliphatic carbocycles. The molecule has 0 saturated heterocycles. The monoisotopic (exact) mass is 442 g/mol. The van der Waals surface area contributed by atoms with Crippen molar-refractivity contribution in [2.75, 3.05) is 11.1 Å². The second-order valence-electron chi connectivity index (χ2n) is 6.43. The first-order chi connectivity index (χ1) is 14.6. The molecule has 0 spiro atoms. The first-order valence-corrected chi connectivity index (χ1v) is 10.9. The molecule has 30 heavy (non-hydrogen) atoms. The first-order valence-electron chi connectivity index (χ1n) is 9.52. The Balaban J connectivity index is 1.60. The zero-order chi connectivity index (χ0) is 21.3. The van der Waals surface area contributed by atoms with E-state index in [4.69, 9.17) is 16.3 Å². The topological polar surface area (TPSA) is 69.0 Å². The highest BCUT2D eigenvalue weighted by molar-refractivity contribution is 7.99. The highest BCUT2D eigenvalue weighted by Gasteiger charge is 2.14. The molecule has 1 aromatic heterocycles. The van der Waals surface area contributed by atoms with E-state index < -0.39 is 0 Å². The number of thioether (sulfide) groups is 1. The fourth-order valence-corrected chi connectivity index (χ4v) is 3.61. The fraction of sp³-hybridized carbons (Fsp3) is 0.227. The van der Waals surface area contributed by atoms with Gasteiger partial charge in [0.25, 0.3) is 0 Å². The average Bonchev–Trinajstić information content (AvgIpc) is 3.14. The zero-order valence-electron chi connectivity index (χ0n) is 16.7. The number of aromatic nitrogens is 3. The number of aryl methyl sites for hydroxylation is 1. The van der Waals surface area contributed by atoms with Crippen LogP contribution in [0.25, 0.3) is 0 Å². The quantitative estimate of drug-likeness (QED) is 0.354. The van der Waals surface area contributed by atoms with Crippen molar-refractivity contribution in [1.82, 2.24) is 14.8 Å². The van der Waals surface area contributed by atoms with Gasteiger partial charge in [-0.15, -0.1) is 16.8 Å². The van der Waals surface area contributed by atoms with Gasteiger partial charge in [-0.05, 0) is 48.4 Å². The smallest absolute Gasteiger partial charge is 0.234 e. The lowest BCUT2D eigenvalue weighted by atomic mass is 10.1. The standard InChI is InChI=1S/C22H23ClN4O2S/c1-3-12-27-20(14-29-19-10-8-17(23)9-11-19)25-26-22(27)30-15-21(28)24-18-7-5-6-16(4-2)13-18/h3,5-11,13H,1,4,12,14-15H2,2H3,(H,24,28). The molecule has 0 saturated carbocycles. The van der Waals surface area contributed by atoms with Crippen LogP contribution in [-0.4, -0.2) is 26.4 Å². The highest BCUT2D eigenvalue weighted by atomic mass is 35.5. The Morgan fingerprint density at radius 1 is 1.27 bits per heavy atom. The van der Waals surface area contributed by atoms with E-state index in [0.29, 0.717) is 28.3 Å². The number of hydrogen-bond donors (Lipinski definition) is 1. The Morgan fingerprint density at radius 3 is 2.80 bits per heavy atom. The number of nitrogens with one attached hydrogen (secondary N) is 1. The van der Waals surface area contributed by atoms with E-state index in [2.05, 4.69) is 29.0 Å². The predicted octanol–water partition coefficient (Wildman–Crippen LogP) is 4.99. The van der Waals surface area contributed by atoms with Gasteiger partial charge < -0.3 is 10.1 Å². The molecule has 1 heterocycles. The number of rotatable bonds is 10. The summed E-state index contributed by atoms with van der Waals surface area (Å²) >= 11 is 7.22. The molecule has 0 unspecified atom stereocenters. The molecule has 0 aliphatic heterocycles. The lowest BCUT2D eigenvalue weighted by Crippen LogP contribution is -2.15. The molecule has 0 bridgehead atoms. The Kier molecular flexibility index (Phi) is 7.93. The molecule has 3 rings (SSSR count). The zero-order valence-corrected chi connectivity index (χ0v) is 18.2. The number of allylic oxidation sites excluding steroid dienone is 1. The van der Waals surface area contributed by atoms with E-state index in [-0.39, 0.29) is 18.3 Å². The lowest BCUT2D eigenvalue weighted by molar-refractivity contribution is -0.113. The van der Waals surface area contributed by atoms with Crippen LogP contribution in [0, 0.1) is 0 Å². The minimum absolute atomic E-state index is 0.0969. The summed E-state index contributed by atoms with van der Waals surface area (Å²) < 4.78 is 7.66. The third-order valence-corrected chi connectivity index (χ3v) is 5.46. The molecule has 8 heteroatoms. The van der Waals surface area contributed by atoms with Crippen LogP contribution < -0.4 is 10.1 Å². The first kappa shape index (κ1) is 21.9. The van der Waals surface area contributed by atoms with Crippen LogP contribution >= 0.6 is 23.4 Å². The molecule has 2 aromatic carbocycles. The van der Waals surface area contributed by atoms with Gasteiger partial charge in [0.05, 0.1) is 5.75 Å². The van der Waals surface area contributed by atoms with Gasteiger partial charge in [-0.1, -0.05) is 48.5 Å². The third-order valence-electron chi connectivity index (χ3n) is 4.24. The largest absolute Gasteiger partial charge is 0.486 e.